The van der Waals surface area contributed by atoms with Crippen LogP contribution in [0.4, 0.5) is 0 Å². The first-order valence-electron chi connectivity index (χ1n) is 8.47. The van der Waals surface area contributed by atoms with Gasteiger partial charge in [-0.15, -0.1) is 0 Å². The average Bonchev–Trinajstić information content (AvgIpc) is 2.64. The maximum atomic E-state index is 5.48. The van der Waals surface area contributed by atoms with Crippen molar-refractivity contribution >= 4 is 0 Å². The smallest absolute Gasteiger partial charge is 0.161 e. The molecule has 0 saturated carbocycles. The lowest BCUT2D eigenvalue weighted by Crippen LogP contribution is -2.06. The number of hydrogen-bond donors (Lipinski definition) is 0. The van der Waals surface area contributed by atoms with E-state index in [0.717, 1.165) is 29.4 Å². The molecule has 0 spiro atoms. The fraction of sp³-hybridized carbons (Fsp3) is 0.429. The van der Waals surface area contributed by atoms with Crippen molar-refractivity contribution in [3.05, 3.63) is 47.5 Å². The Balaban J connectivity index is 2.49. The highest BCUT2D eigenvalue weighted by Crippen LogP contribution is 2.39. The molecule has 0 N–H and O–H groups in total. The normalized spacial score (nSPS) is 10.9. The van der Waals surface area contributed by atoms with Gasteiger partial charge in [0.1, 0.15) is 0 Å². The van der Waals surface area contributed by atoms with E-state index in [1.54, 1.807) is 28.4 Å². The van der Waals surface area contributed by atoms with Crippen molar-refractivity contribution < 1.29 is 18.9 Å². The van der Waals surface area contributed by atoms with Crippen LogP contribution in [-0.2, 0) is 0 Å². The van der Waals surface area contributed by atoms with Gasteiger partial charge >= 0.3 is 0 Å². The summed E-state index contributed by atoms with van der Waals surface area (Å²) >= 11 is 0. The molecule has 0 aliphatic heterocycles. The van der Waals surface area contributed by atoms with Crippen molar-refractivity contribution in [3.63, 3.8) is 0 Å². The summed E-state index contributed by atoms with van der Waals surface area (Å²) in [5.74, 6) is 3.75. The quantitative estimate of drug-likeness (QED) is 0.682. The molecule has 2 rings (SSSR count). The number of rotatable bonds is 8. The summed E-state index contributed by atoms with van der Waals surface area (Å²) in [7, 11) is 6.62. The Morgan fingerprint density at radius 2 is 1.04 bits per heavy atom. The number of benzene rings is 2. The number of hydrogen-bond acceptors (Lipinski definition) is 4. The molecular weight excluding hydrogens is 316 g/mol. The van der Waals surface area contributed by atoms with Crippen LogP contribution < -0.4 is 18.9 Å². The van der Waals surface area contributed by atoms with E-state index < -0.39 is 0 Å². The summed E-state index contributed by atoms with van der Waals surface area (Å²) in [5.41, 5.74) is 2.39. The molecule has 0 aromatic heterocycles. The van der Waals surface area contributed by atoms with Crippen LogP contribution >= 0.6 is 0 Å². The minimum absolute atomic E-state index is 0.236. The summed E-state index contributed by atoms with van der Waals surface area (Å²) in [6.45, 7) is 4.46. The summed E-state index contributed by atoms with van der Waals surface area (Å²) in [6, 6.07) is 12.2. The zero-order valence-electron chi connectivity index (χ0n) is 16.0. The molecule has 0 unspecified atom stereocenters. The fourth-order valence-corrected chi connectivity index (χ4v) is 3.08. The van der Waals surface area contributed by atoms with E-state index in [1.807, 2.05) is 12.1 Å². The molecule has 0 aliphatic carbocycles. The van der Waals surface area contributed by atoms with Crippen LogP contribution in [0.15, 0.2) is 36.4 Å². The van der Waals surface area contributed by atoms with Crippen molar-refractivity contribution in [2.45, 2.75) is 26.2 Å². The summed E-state index contributed by atoms with van der Waals surface area (Å²) in [4.78, 5) is 0. The van der Waals surface area contributed by atoms with Gasteiger partial charge in [0.25, 0.3) is 0 Å². The van der Waals surface area contributed by atoms with Gasteiger partial charge in [0.15, 0.2) is 23.0 Å². The van der Waals surface area contributed by atoms with Gasteiger partial charge < -0.3 is 18.9 Å². The highest BCUT2D eigenvalue weighted by Gasteiger charge is 2.19. The minimum Gasteiger partial charge on any atom is -0.493 e. The Morgan fingerprint density at radius 1 is 0.640 bits per heavy atom. The van der Waals surface area contributed by atoms with Gasteiger partial charge in [-0.3, -0.25) is 0 Å². The zero-order chi connectivity index (χ0) is 18.4. The fourth-order valence-electron chi connectivity index (χ4n) is 3.08. The van der Waals surface area contributed by atoms with E-state index in [2.05, 4.69) is 38.1 Å². The zero-order valence-corrected chi connectivity index (χ0v) is 16.0. The molecule has 0 saturated heterocycles. The first-order valence-corrected chi connectivity index (χ1v) is 8.47. The van der Waals surface area contributed by atoms with E-state index >= 15 is 0 Å². The van der Waals surface area contributed by atoms with Gasteiger partial charge in [0.05, 0.1) is 28.4 Å². The van der Waals surface area contributed by atoms with Crippen LogP contribution in [-0.4, -0.2) is 28.4 Å². The maximum Gasteiger partial charge on any atom is 0.161 e. The molecule has 0 aliphatic rings. The first-order chi connectivity index (χ1) is 12.0. The molecular formula is C21H28O4. The SMILES string of the molecule is COc1ccc(C(CC(C)C)c2ccc(OC)c(OC)c2)cc1OC. The molecule has 25 heavy (non-hydrogen) atoms. The summed E-state index contributed by atoms with van der Waals surface area (Å²) < 4.78 is 21.7. The Kier molecular flexibility index (Phi) is 6.57. The van der Waals surface area contributed by atoms with Crippen LogP contribution in [0.5, 0.6) is 23.0 Å². The lowest BCUT2D eigenvalue weighted by Gasteiger charge is -2.22. The third-order valence-corrected chi connectivity index (χ3v) is 4.33. The Hall–Kier alpha value is -2.36. The van der Waals surface area contributed by atoms with E-state index in [-0.39, 0.29) is 5.92 Å². The van der Waals surface area contributed by atoms with Crippen molar-refractivity contribution in [2.24, 2.45) is 5.92 Å². The predicted octanol–water partition coefficient (Wildman–Crippen LogP) is 4.90. The van der Waals surface area contributed by atoms with Gasteiger partial charge in [-0.25, -0.2) is 0 Å². The van der Waals surface area contributed by atoms with Crippen LogP contribution in [0.1, 0.15) is 37.3 Å². The Labute approximate surface area is 150 Å². The first kappa shape index (κ1) is 19.0. The van der Waals surface area contributed by atoms with Crippen LogP contribution in [0.25, 0.3) is 0 Å². The molecule has 0 atom stereocenters. The molecule has 2 aromatic carbocycles. The lowest BCUT2D eigenvalue weighted by atomic mass is 9.84. The molecule has 0 fully saturated rings. The molecule has 4 nitrogen and oxygen atoms in total. The largest absolute Gasteiger partial charge is 0.493 e. The van der Waals surface area contributed by atoms with Gasteiger partial charge in [0.2, 0.25) is 0 Å². The Morgan fingerprint density at radius 3 is 1.36 bits per heavy atom. The van der Waals surface area contributed by atoms with E-state index in [4.69, 9.17) is 18.9 Å². The second-order valence-electron chi connectivity index (χ2n) is 6.41. The second kappa shape index (κ2) is 8.65. The van der Waals surface area contributed by atoms with Crippen LogP contribution in [0.2, 0.25) is 0 Å². The van der Waals surface area contributed by atoms with E-state index in [1.165, 1.54) is 11.1 Å². The Bertz CT molecular complexity index is 639. The molecule has 136 valence electrons. The third-order valence-electron chi connectivity index (χ3n) is 4.33. The topological polar surface area (TPSA) is 36.9 Å². The monoisotopic (exact) mass is 344 g/mol. The van der Waals surface area contributed by atoms with Gasteiger partial charge in [0, 0.05) is 5.92 Å². The molecule has 4 heteroatoms. The van der Waals surface area contributed by atoms with Crippen LogP contribution in [0.3, 0.4) is 0 Å². The maximum absolute atomic E-state index is 5.48. The number of ether oxygens (including phenoxy) is 4. The summed E-state index contributed by atoms with van der Waals surface area (Å²) in [6.07, 6.45) is 1.02. The standard InChI is InChI=1S/C21H28O4/c1-14(2)11-17(15-7-9-18(22-3)20(12-15)24-5)16-8-10-19(23-4)21(13-16)25-6/h7-10,12-14,17H,11H2,1-6H3. The van der Waals surface area contributed by atoms with Gasteiger partial charge in [-0.1, -0.05) is 26.0 Å². The molecule has 0 heterocycles. The molecule has 0 radical (unpaired) electrons. The second-order valence-corrected chi connectivity index (χ2v) is 6.41. The molecule has 0 amide bonds. The van der Waals surface area contributed by atoms with Crippen molar-refractivity contribution in [1.29, 1.82) is 0 Å². The summed E-state index contributed by atoms with van der Waals surface area (Å²) in [5, 5.41) is 0. The highest BCUT2D eigenvalue weighted by molar-refractivity contribution is 5.49. The van der Waals surface area contributed by atoms with Crippen molar-refractivity contribution in [2.75, 3.05) is 28.4 Å². The lowest BCUT2D eigenvalue weighted by molar-refractivity contribution is 0.353. The van der Waals surface area contributed by atoms with Gasteiger partial charge in [-0.05, 0) is 47.7 Å². The van der Waals surface area contributed by atoms with Crippen molar-refractivity contribution in [1.82, 2.24) is 0 Å². The van der Waals surface area contributed by atoms with E-state index in [9.17, 15) is 0 Å². The van der Waals surface area contributed by atoms with Crippen LogP contribution in [0, 0.1) is 5.92 Å². The van der Waals surface area contributed by atoms with Gasteiger partial charge in [-0.2, -0.15) is 0 Å². The molecule has 0 bridgehead atoms. The third kappa shape index (κ3) is 4.38. The van der Waals surface area contributed by atoms with E-state index in [0.29, 0.717) is 5.92 Å². The molecule has 2 aromatic rings. The average molecular weight is 344 g/mol. The number of methoxy groups -OCH3 is 4. The highest BCUT2D eigenvalue weighted by atomic mass is 16.5. The minimum atomic E-state index is 0.236. The predicted molar refractivity (Wildman–Crippen MR) is 100 cm³/mol. The van der Waals surface area contributed by atoms with Crippen molar-refractivity contribution in [3.8, 4) is 23.0 Å².